The van der Waals surface area contributed by atoms with Crippen LogP contribution in [-0.4, -0.2) is 4.57 Å². The highest BCUT2D eigenvalue weighted by atomic mass is 16.3. The van der Waals surface area contributed by atoms with Crippen LogP contribution in [0.15, 0.2) is 259 Å². The summed E-state index contributed by atoms with van der Waals surface area (Å²) < 4.78 is 8.91. The summed E-state index contributed by atoms with van der Waals surface area (Å²) >= 11 is 0. The molecule has 0 amide bonds. The number of rotatable bonds is 8. The summed E-state index contributed by atoms with van der Waals surface area (Å²) in [5.41, 5.74) is 17.9. The Labute approximate surface area is 388 Å². The first-order chi connectivity index (χ1) is 33.2. The standard InChI is InChI=1S/C64H42N2O/c1-3-15-43(16-4-1)44-29-36-49(37-30-44)65(51-40-33-47(34-41-51)54-24-14-25-56-55-21-9-12-28-61(55)67-64(54)56)50-38-31-46(32-39-50)52-20-7-10-26-58(52)66-59-27-11-8-22-57(59)63-60(66)42-35-48-19-13-23-53(62(48)63)45-17-5-2-6-18-45/h1-42H. The van der Waals surface area contributed by atoms with E-state index in [4.69, 9.17) is 4.42 Å². The van der Waals surface area contributed by atoms with Crippen LogP contribution in [0.3, 0.4) is 0 Å². The Morgan fingerprint density at radius 3 is 1.54 bits per heavy atom. The molecule has 0 atom stereocenters. The van der Waals surface area contributed by atoms with Crippen molar-refractivity contribution in [1.29, 1.82) is 0 Å². The van der Waals surface area contributed by atoms with Crippen molar-refractivity contribution < 1.29 is 4.42 Å². The second-order valence-corrected chi connectivity index (χ2v) is 17.2. The lowest BCUT2D eigenvalue weighted by Gasteiger charge is -2.26. The highest BCUT2D eigenvalue weighted by Crippen LogP contribution is 2.44. The van der Waals surface area contributed by atoms with Crippen molar-refractivity contribution in [1.82, 2.24) is 4.57 Å². The predicted molar refractivity (Wildman–Crippen MR) is 282 cm³/mol. The van der Waals surface area contributed by atoms with Gasteiger partial charge in [0.05, 0.1) is 16.7 Å². The summed E-state index contributed by atoms with van der Waals surface area (Å²) in [6.07, 6.45) is 0. The van der Waals surface area contributed by atoms with Crippen molar-refractivity contribution in [2.75, 3.05) is 4.90 Å². The van der Waals surface area contributed by atoms with Crippen molar-refractivity contribution in [2.24, 2.45) is 0 Å². The first-order valence-electron chi connectivity index (χ1n) is 22.9. The van der Waals surface area contributed by atoms with Crippen molar-refractivity contribution in [2.45, 2.75) is 0 Å². The van der Waals surface area contributed by atoms with Crippen LogP contribution in [0, 0.1) is 0 Å². The zero-order chi connectivity index (χ0) is 44.3. The summed E-state index contributed by atoms with van der Waals surface area (Å²) in [5, 5.41) is 7.28. The van der Waals surface area contributed by atoms with Crippen LogP contribution in [0.4, 0.5) is 17.1 Å². The first-order valence-corrected chi connectivity index (χ1v) is 22.9. The minimum absolute atomic E-state index is 0.902. The van der Waals surface area contributed by atoms with Gasteiger partial charge < -0.3 is 13.9 Å². The number of anilines is 3. The number of benzene rings is 11. The van der Waals surface area contributed by atoms with Crippen LogP contribution in [0.5, 0.6) is 0 Å². The van der Waals surface area contributed by atoms with E-state index < -0.39 is 0 Å². The van der Waals surface area contributed by atoms with E-state index in [0.29, 0.717) is 0 Å². The molecule has 13 aromatic rings. The first kappa shape index (κ1) is 38.5. The maximum Gasteiger partial charge on any atom is 0.143 e. The van der Waals surface area contributed by atoms with Gasteiger partial charge in [-0.1, -0.05) is 194 Å². The summed E-state index contributed by atoms with van der Waals surface area (Å²) in [4.78, 5) is 2.35. The van der Waals surface area contributed by atoms with Gasteiger partial charge in [0.15, 0.2) is 0 Å². The summed E-state index contributed by atoms with van der Waals surface area (Å²) in [6, 6.07) is 91.8. The van der Waals surface area contributed by atoms with Crippen LogP contribution in [-0.2, 0) is 0 Å². The third-order valence-corrected chi connectivity index (χ3v) is 13.4. The van der Waals surface area contributed by atoms with Gasteiger partial charge in [-0.3, -0.25) is 0 Å². The van der Waals surface area contributed by atoms with E-state index in [-0.39, 0.29) is 0 Å². The third-order valence-electron chi connectivity index (χ3n) is 13.4. The van der Waals surface area contributed by atoms with Crippen LogP contribution in [0.2, 0.25) is 0 Å². The van der Waals surface area contributed by atoms with Crippen LogP contribution >= 0.6 is 0 Å². The fourth-order valence-corrected chi connectivity index (χ4v) is 10.3. The van der Waals surface area contributed by atoms with Crippen molar-refractivity contribution >= 4 is 71.6 Å². The van der Waals surface area contributed by atoms with E-state index >= 15 is 0 Å². The largest absolute Gasteiger partial charge is 0.455 e. The molecule has 0 fully saturated rings. The molecule has 2 aromatic heterocycles. The molecule has 2 heterocycles. The Morgan fingerprint density at radius 1 is 0.299 bits per heavy atom. The Morgan fingerprint density at radius 2 is 0.806 bits per heavy atom. The van der Waals surface area contributed by atoms with Crippen molar-refractivity contribution in [3.8, 4) is 50.2 Å². The third kappa shape index (κ3) is 6.51. The van der Waals surface area contributed by atoms with Crippen LogP contribution in [0.25, 0.3) is 105 Å². The van der Waals surface area contributed by atoms with Crippen LogP contribution < -0.4 is 4.90 Å². The molecule has 0 aliphatic rings. The highest BCUT2D eigenvalue weighted by Gasteiger charge is 2.20. The summed E-state index contributed by atoms with van der Waals surface area (Å²) in [5.74, 6) is 0. The molecule has 11 aromatic carbocycles. The highest BCUT2D eigenvalue weighted by molar-refractivity contribution is 6.25. The Balaban J connectivity index is 0.922. The number of nitrogens with zero attached hydrogens (tertiary/aromatic N) is 2. The number of fused-ring (bicyclic) bond motifs is 8. The van der Waals surface area contributed by atoms with E-state index in [9.17, 15) is 0 Å². The topological polar surface area (TPSA) is 21.3 Å². The van der Waals surface area contributed by atoms with Gasteiger partial charge in [-0.25, -0.2) is 0 Å². The molecule has 0 saturated carbocycles. The number of hydrogen-bond donors (Lipinski definition) is 0. The van der Waals surface area contributed by atoms with E-state index in [2.05, 4.69) is 252 Å². The molecule has 0 aliphatic carbocycles. The van der Waals surface area contributed by atoms with E-state index in [1.165, 1.54) is 54.8 Å². The SMILES string of the molecule is c1ccc(-c2ccc(N(c3ccc(-c4ccccc4-n4c5ccccc5c5c6c(-c7ccccc7)cccc6ccc54)cc3)c3ccc(-c4cccc5c4oc4ccccc45)cc3)cc2)cc1. The summed E-state index contributed by atoms with van der Waals surface area (Å²) in [7, 11) is 0. The predicted octanol–water partition coefficient (Wildman–Crippen LogP) is 18.0. The average molecular weight is 855 g/mol. The minimum atomic E-state index is 0.902. The molecular weight excluding hydrogens is 813 g/mol. The molecule has 3 heteroatoms. The number of hydrogen-bond acceptors (Lipinski definition) is 2. The molecule has 314 valence electrons. The van der Waals surface area contributed by atoms with Gasteiger partial charge in [-0.15, -0.1) is 0 Å². The normalized spacial score (nSPS) is 11.6. The van der Waals surface area contributed by atoms with Gasteiger partial charge in [0.25, 0.3) is 0 Å². The molecule has 0 radical (unpaired) electrons. The minimum Gasteiger partial charge on any atom is -0.455 e. The average Bonchev–Trinajstić information content (AvgIpc) is 3.96. The molecule has 0 spiro atoms. The smallest absolute Gasteiger partial charge is 0.143 e. The van der Waals surface area contributed by atoms with Gasteiger partial charge in [0.1, 0.15) is 11.2 Å². The second-order valence-electron chi connectivity index (χ2n) is 17.2. The molecule has 13 rings (SSSR count). The second kappa shape index (κ2) is 16.0. The van der Waals surface area contributed by atoms with Gasteiger partial charge in [-0.2, -0.15) is 0 Å². The van der Waals surface area contributed by atoms with Crippen LogP contribution in [0.1, 0.15) is 0 Å². The van der Waals surface area contributed by atoms with Crippen molar-refractivity contribution in [3.05, 3.63) is 255 Å². The van der Waals surface area contributed by atoms with E-state index in [1.807, 2.05) is 12.1 Å². The molecule has 0 saturated heterocycles. The molecule has 67 heavy (non-hydrogen) atoms. The van der Waals surface area contributed by atoms with Gasteiger partial charge in [0, 0.05) is 49.7 Å². The van der Waals surface area contributed by atoms with Gasteiger partial charge in [0.2, 0.25) is 0 Å². The molecule has 0 bridgehead atoms. The Kier molecular flexibility index (Phi) is 9.17. The monoisotopic (exact) mass is 854 g/mol. The molecular formula is C64H42N2O. The fraction of sp³-hybridized carbons (Fsp3) is 0. The zero-order valence-corrected chi connectivity index (χ0v) is 36.6. The fourth-order valence-electron chi connectivity index (χ4n) is 10.3. The number of aromatic nitrogens is 1. The quantitative estimate of drug-likeness (QED) is 0.152. The molecule has 0 aliphatic heterocycles. The van der Waals surface area contributed by atoms with E-state index in [1.54, 1.807) is 0 Å². The zero-order valence-electron chi connectivity index (χ0n) is 36.6. The lowest BCUT2D eigenvalue weighted by molar-refractivity contribution is 0.670. The maximum absolute atomic E-state index is 6.45. The lowest BCUT2D eigenvalue weighted by atomic mass is 9.94. The van der Waals surface area contributed by atoms with Gasteiger partial charge >= 0.3 is 0 Å². The lowest BCUT2D eigenvalue weighted by Crippen LogP contribution is -2.09. The Bertz CT molecular complexity index is 3940. The molecule has 0 unspecified atom stereocenters. The van der Waals surface area contributed by atoms with Gasteiger partial charge in [-0.05, 0) is 105 Å². The van der Waals surface area contributed by atoms with Crippen molar-refractivity contribution in [3.63, 3.8) is 0 Å². The molecule has 0 N–H and O–H groups in total. The Hall–Kier alpha value is -8.92. The maximum atomic E-state index is 6.45. The number of furan rings is 1. The number of para-hydroxylation sites is 4. The summed E-state index contributed by atoms with van der Waals surface area (Å²) in [6.45, 7) is 0. The molecule has 3 nitrogen and oxygen atoms in total. The van der Waals surface area contributed by atoms with E-state index in [0.717, 1.165) is 66.9 Å².